The third kappa shape index (κ3) is 5.19. The number of hydrogen-bond acceptors (Lipinski definition) is 5. The average Bonchev–Trinajstić information content (AvgIpc) is 2.68. The maximum atomic E-state index is 12.5. The molecule has 0 aromatic heterocycles. The molecule has 2 aliphatic rings. The van der Waals surface area contributed by atoms with Crippen molar-refractivity contribution in [2.24, 2.45) is 5.92 Å². The van der Waals surface area contributed by atoms with Gasteiger partial charge in [-0.15, -0.1) is 0 Å². The molecule has 2 N–H and O–H groups in total. The molecule has 2 heterocycles. The maximum Gasteiger partial charge on any atom is 0.341 e. The second-order valence-corrected chi connectivity index (χ2v) is 6.95. The highest BCUT2D eigenvalue weighted by atomic mass is 16.5. The first-order valence-corrected chi connectivity index (χ1v) is 9.26. The van der Waals surface area contributed by atoms with Crippen LogP contribution >= 0.6 is 0 Å². The van der Waals surface area contributed by atoms with Gasteiger partial charge in [0, 0.05) is 12.2 Å². The summed E-state index contributed by atoms with van der Waals surface area (Å²) in [6.07, 6.45) is 3.19. The minimum atomic E-state index is -1.06. The van der Waals surface area contributed by atoms with E-state index in [0.717, 1.165) is 32.4 Å². The van der Waals surface area contributed by atoms with Gasteiger partial charge in [-0.05, 0) is 62.5 Å². The first kappa shape index (κ1) is 19.2. The van der Waals surface area contributed by atoms with Crippen molar-refractivity contribution >= 4 is 23.5 Å². The van der Waals surface area contributed by atoms with E-state index in [1.807, 2.05) is 0 Å². The summed E-state index contributed by atoms with van der Waals surface area (Å²) < 4.78 is 5.08. The summed E-state index contributed by atoms with van der Waals surface area (Å²) in [7, 11) is 0. The van der Waals surface area contributed by atoms with Crippen molar-refractivity contribution in [3.63, 3.8) is 0 Å². The molecule has 1 aromatic rings. The van der Waals surface area contributed by atoms with Gasteiger partial charge in [0.15, 0.2) is 6.61 Å². The third-order valence-corrected chi connectivity index (χ3v) is 5.05. The van der Waals surface area contributed by atoms with Crippen molar-refractivity contribution in [2.45, 2.75) is 19.3 Å². The Bertz CT molecular complexity index is 685. The average molecular weight is 375 g/mol. The first-order chi connectivity index (χ1) is 13.0. The van der Waals surface area contributed by atoms with Gasteiger partial charge in [0.2, 0.25) is 11.8 Å². The number of carbonyl (C=O) groups excluding carboxylic acids is 2. The van der Waals surface area contributed by atoms with Crippen LogP contribution in [-0.4, -0.2) is 67.1 Å². The molecule has 146 valence electrons. The van der Waals surface area contributed by atoms with Crippen molar-refractivity contribution in [3.05, 3.63) is 24.3 Å². The zero-order valence-corrected chi connectivity index (χ0v) is 15.2. The fraction of sp³-hybridized carbons (Fsp3) is 0.526. The summed E-state index contributed by atoms with van der Waals surface area (Å²) in [6, 6.07) is 6.51. The van der Waals surface area contributed by atoms with Crippen molar-refractivity contribution in [2.75, 3.05) is 44.2 Å². The lowest BCUT2D eigenvalue weighted by Crippen LogP contribution is -2.54. The van der Waals surface area contributed by atoms with Gasteiger partial charge < -0.3 is 25.0 Å². The van der Waals surface area contributed by atoms with Crippen LogP contribution in [0.4, 0.5) is 5.69 Å². The maximum absolute atomic E-state index is 12.5. The third-order valence-electron chi connectivity index (χ3n) is 5.05. The van der Waals surface area contributed by atoms with Gasteiger partial charge >= 0.3 is 5.97 Å². The van der Waals surface area contributed by atoms with Crippen molar-refractivity contribution in [1.82, 2.24) is 10.2 Å². The second-order valence-electron chi connectivity index (χ2n) is 6.95. The topological polar surface area (TPSA) is 99.2 Å². The summed E-state index contributed by atoms with van der Waals surface area (Å²) in [5.41, 5.74) is 0.606. The minimum Gasteiger partial charge on any atom is -0.482 e. The predicted octanol–water partition coefficient (Wildman–Crippen LogP) is 0.715. The Labute approximate surface area is 158 Å². The van der Waals surface area contributed by atoms with E-state index in [9.17, 15) is 14.4 Å². The molecule has 0 aliphatic carbocycles. The molecular formula is C19H25N3O5. The largest absolute Gasteiger partial charge is 0.482 e. The number of nitrogens with one attached hydrogen (secondary N) is 1. The Balaban J connectivity index is 1.54. The van der Waals surface area contributed by atoms with Gasteiger partial charge in [-0.25, -0.2) is 4.79 Å². The van der Waals surface area contributed by atoms with Gasteiger partial charge in [-0.3, -0.25) is 9.59 Å². The molecule has 2 aliphatic heterocycles. The molecule has 0 unspecified atom stereocenters. The first-order valence-electron chi connectivity index (χ1n) is 9.26. The number of ether oxygens (including phenoxy) is 1. The summed E-state index contributed by atoms with van der Waals surface area (Å²) in [4.78, 5) is 38.6. The Kier molecular flexibility index (Phi) is 6.28. The number of carboxylic acid groups (broad SMARTS) is 1. The molecule has 0 spiro atoms. The number of anilines is 1. The molecule has 3 rings (SSSR count). The summed E-state index contributed by atoms with van der Waals surface area (Å²) in [6.45, 7) is 2.38. The number of rotatable bonds is 7. The number of carboxylic acids is 1. The molecule has 8 heteroatoms. The Morgan fingerprint density at radius 1 is 1.11 bits per heavy atom. The predicted molar refractivity (Wildman–Crippen MR) is 98.7 cm³/mol. The van der Waals surface area contributed by atoms with Gasteiger partial charge in [0.25, 0.3) is 0 Å². The lowest BCUT2D eigenvalue weighted by atomic mass is 9.94. The van der Waals surface area contributed by atoms with E-state index in [1.165, 1.54) is 4.90 Å². The summed E-state index contributed by atoms with van der Waals surface area (Å²) >= 11 is 0. The van der Waals surface area contributed by atoms with Crippen LogP contribution < -0.4 is 15.0 Å². The number of nitrogens with zero attached hydrogens (tertiary/aromatic N) is 2. The standard InChI is InChI=1S/C19H25N3O5/c23-17-12-22(15-1-3-16(4-2-15)27-13-19(25)26)18(24)11-21(17)10-7-14-5-8-20-9-6-14/h1-4,14,20H,5-13H2,(H,25,26). The number of carbonyl (C=O) groups is 3. The lowest BCUT2D eigenvalue weighted by Gasteiger charge is -2.35. The Morgan fingerprint density at radius 3 is 2.48 bits per heavy atom. The molecule has 2 amide bonds. The normalized spacial score (nSPS) is 18.7. The molecule has 27 heavy (non-hydrogen) atoms. The van der Waals surface area contributed by atoms with Gasteiger partial charge in [-0.2, -0.15) is 0 Å². The van der Waals surface area contributed by atoms with Crippen molar-refractivity contribution in [3.8, 4) is 5.75 Å². The highest BCUT2D eigenvalue weighted by Crippen LogP contribution is 2.23. The lowest BCUT2D eigenvalue weighted by molar-refractivity contribution is -0.139. The number of piperazine rings is 1. The van der Waals surface area contributed by atoms with Crippen LogP contribution in [0.2, 0.25) is 0 Å². The van der Waals surface area contributed by atoms with Crippen LogP contribution in [0, 0.1) is 5.92 Å². The van der Waals surface area contributed by atoms with Gasteiger partial charge in [0.1, 0.15) is 18.8 Å². The van der Waals surface area contributed by atoms with E-state index in [-0.39, 0.29) is 24.9 Å². The van der Waals surface area contributed by atoms with E-state index in [2.05, 4.69) is 5.32 Å². The van der Waals surface area contributed by atoms with E-state index in [4.69, 9.17) is 9.84 Å². The molecule has 2 saturated heterocycles. The van der Waals surface area contributed by atoms with Crippen molar-refractivity contribution < 1.29 is 24.2 Å². The molecule has 8 nitrogen and oxygen atoms in total. The highest BCUT2D eigenvalue weighted by Gasteiger charge is 2.31. The van der Waals surface area contributed by atoms with E-state index in [0.29, 0.717) is 23.9 Å². The van der Waals surface area contributed by atoms with Crippen LogP contribution in [0.15, 0.2) is 24.3 Å². The highest BCUT2D eigenvalue weighted by molar-refractivity contribution is 6.04. The van der Waals surface area contributed by atoms with Crippen LogP contribution in [-0.2, 0) is 14.4 Å². The Morgan fingerprint density at radius 2 is 1.81 bits per heavy atom. The molecule has 0 saturated carbocycles. The number of amides is 2. The SMILES string of the molecule is O=C(O)COc1ccc(N2CC(=O)N(CCC3CCNCC3)CC2=O)cc1. The van der Waals surface area contributed by atoms with E-state index < -0.39 is 12.6 Å². The minimum absolute atomic E-state index is 0.0282. The summed E-state index contributed by atoms with van der Waals surface area (Å²) in [5, 5.41) is 12.0. The van der Waals surface area contributed by atoms with Gasteiger partial charge in [0.05, 0.1) is 0 Å². The van der Waals surface area contributed by atoms with E-state index >= 15 is 0 Å². The Hall–Kier alpha value is -2.61. The molecule has 0 atom stereocenters. The van der Waals surface area contributed by atoms with Gasteiger partial charge in [-0.1, -0.05) is 0 Å². The molecule has 0 bridgehead atoms. The zero-order chi connectivity index (χ0) is 19.2. The second kappa shape index (κ2) is 8.85. The number of aliphatic carboxylic acids is 1. The molecule has 0 radical (unpaired) electrons. The number of piperidine rings is 1. The number of benzene rings is 1. The molecule has 1 aromatic carbocycles. The van der Waals surface area contributed by atoms with Crippen molar-refractivity contribution in [1.29, 1.82) is 0 Å². The quantitative estimate of drug-likeness (QED) is 0.728. The molecule has 2 fully saturated rings. The fourth-order valence-corrected chi connectivity index (χ4v) is 3.48. The van der Waals surface area contributed by atoms with Crippen LogP contribution in [0.1, 0.15) is 19.3 Å². The van der Waals surface area contributed by atoms with Crippen LogP contribution in [0.3, 0.4) is 0 Å². The van der Waals surface area contributed by atoms with Crippen LogP contribution in [0.5, 0.6) is 5.75 Å². The zero-order valence-electron chi connectivity index (χ0n) is 15.2. The number of hydrogen-bond donors (Lipinski definition) is 2. The molecular weight excluding hydrogens is 350 g/mol. The van der Waals surface area contributed by atoms with E-state index in [1.54, 1.807) is 29.2 Å². The van der Waals surface area contributed by atoms with Crippen LogP contribution in [0.25, 0.3) is 0 Å². The monoisotopic (exact) mass is 375 g/mol. The fourth-order valence-electron chi connectivity index (χ4n) is 3.48. The smallest absolute Gasteiger partial charge is 0.341 e. The summed E-state index contributed by atoms with van der Waals surface area (Å²) in [5.74, 6) is -0.194.